The van der Waals surface area contributed by atoms with Crippen LogP contribution in [0.5, 0.6) is 0 Å². The second-order valence-electron chi connectivity index (χ2n) is 4.78. The van der Waals surface area contributed by atoms with Gasteiger partial charge in [0.15, 0.2) is 5.82 Å². The fraction of sp³-hybridized carbons (Fsp3) is 0.385. The maximum Gasteiger partial charge on any atom is 0.258 e. The van der Waals surface area contributed by atoms with Crippen molar-refractivity contribution in [2.75, 3.05) is 0 Å². The van der Waals surface area contributed by atoms with Crippen LogP contribution in [0.3, 0.4) is 0 Å². The molecule has 1 aromatic heterocycles. The summed E-state index contributed by atoms with van der Waals surface area (Å²) in [7, 11) is 0. The molecule has 1 heterocycles. The van der Waals surface area contributed by atoms with Gasteiger partial charge < -0.3 is 10.3 Å². The molecule has 1 aromatic carbocycles. The summed E-state index contributed by atoms with van der Waals surface area (Å²) in [4.78, 5) is 4.35. The SMILES string of the molecule is Cc1ccc(-c2nc(C(N)C3CC3)no2)cc1Cl. The van der Waals surface area contributed by atoms with Gasteiger partial charge in [0, 0.05) is 10.6 Å². The minimum Gasteiger partial charge on any atom is -0.334 e. The van der Waals surface area contributed by atoms with Crippen LogP contribution in [0, 0.1) is 12.8 Å². The lowest BCUT2D eigenvalue weighted by molar-refractivity contribution is 0.411. The van der Waals surface area contributed by atoms with Gasteiger partial charge in [-0.3, -0.25) is 0 Å². The van der Waals surface area contributed by atoms with Gasteiger partial charge >= 0.3 is 0 Å². The van der Waals surface area contributed by atoms with Crippen LogP contribution in [0.1, 0.15) is 30.3 Å². The van der Waals surface area contributed by atoms with Gasteiger partial charge in [0.05, 0.1) is 6.04 Å². The molecular formula is C13H14ClN3O. The first-order valence-corrected chi connectivity index (χ1v) is 6.38. The van der Waals surface area contributed by atoms with Crippen LogP contribution in [0.15, 0.2) is 22.7 Å². The largest absolute Gasteiger partial charge is 0.334 e. The Morgan fingerprint density at radius 2 is 2.22 bits per heavy atom. The molecule has 1 saturated carbocycles. The van der Waals surface area contributed by atoms with Crippen LogP contribution < -0.4 is 5.73 Å². The summed E-state index contributed by atoms with van der Waals surface area (Å²) in [5.74, 6) is 1.57. The minimum atomic E-state index is -0.108. The first kappa shape index (κ1) is 11.7. The van der Waals surface area contributed by atoms with E-state index in [0.29, 0.717) is 22.7 Å². The summed E-state index contributed by atoms with van der Waals surface area (Å²) in [5, 5.41) is 4.64. The van der Waals surface area contributed by atoms with Crippen molar-refractivity contribution in [1.29, 1.82) is 0 Å². The van der Waals surface area contributed by atoms with Gasteiger partial charge in [0.25, 0.3) is 5.89 Å². The van der Waals surface area contributed by atoms with Crippen molar-refractivity contribution in [2.45, 2.75) is 25.8 Å². The standard InChI is InChI=1S/C13H14ClN3O/c1-7-2-3-9(6-10(7)14)13-16-12(17-18-13)11(15)8-4-5-8/h2-3,6,8,11H,4-5,15H2,1H3. The highest BCUT2D eigenvalue weighted by Crippen LogP contribution is 2.38. The second kappa shape index (κ2) is 4.37. The second-order valence-corrected chi connectivity index (χ2v) is 5.19. The van der Waals surface area contributed by atoms with Crippen molar-refractivity contribution < 1.29 is 4.52 Å². The Balaban J connectivity index is 1.89. The number of nitrogens with zero attached hydrogens (tertiary/aromatic N) is 2. The number of benzene rings is 1. The van der Waals surface area contributed by atoms with Crippen LogP contribution in [0.2, 0.25) is 5.02 Å². The Hall–Kier alpha value is -1.39. The number of hydrogen-bond acceptors (Lipinski definition) is 4. The number of aryl methyl sites for hydroxylation is 1. The Morgan fingerprint density at radius 1 is 1.44 bits per heavy atom. The first-order valence-electron chi connectivity index (χ1n) is 6.01. The van der Waals surface area contributed by atoms with E-state index < -0.39 is 0 Å². The normalized spacial score (nSPS) is 16.8. The van der Waals surface area contributed by atoms with Gasteiger partial charge in [-0.1, -0.05) is 22.8 Å². The molecule has 0 bridgehead atoms. The Bertz CT molecular complexity index is 577. The monoisotopic (exact) mass is 263 g/mol. The average molecular weight is 264 g/mol. The number of aromatic nitrogens is 2. The maximum absolute atomic E-state index is 6.08. The van der Waals surface area contributed by atoms with E-state index in [1.54, 1.807) is 0 Å². The molecule has 0 saturated heterocycles. The molecule has 1 fully saturated rings. The summed E-state index contributed by atoms with van der Waals surface area (Å²) < 4.78 is 5.24. The zero-order valence-corrected chi connectivity index (χ0v) is 10.8. The maximum atomic E-state index is 6.08. The lowest BCUT2D eigenvalue weighted by Gasteiger charge is -2.02. The summed E-state index contributed by atoms with van der Waals surface area (Å²) in [6.45, 7) is 1.95. The van der Waals surface area contributed by atoms with E-state index in [0.717, 1.165) is 24.0 Å². The number of rotatable bonds is 3. The molecule has 1 unspecified atom stereocenters. The molecule has 3 rings (SSSR count). The molecule has 18 heavy (non-hydrogen) atoms. The van der Waals surface area contributed by atoms with Crippen LogP contribution in [0.4, 0.5) is 0 Å². The van der Waals surface area contributed by atoms with Crippen LogP contribution in [-0.4, -0.2) is 10.1 Å². The molecule has 1 aliphatic carbocycles. The van der Waals surface area contributed by atoms with Crippen molar-refractivity contribution in [3.05, 3.63) is 34.6 Å². The Morgan fingerprint density at radius 3 is 2.89 bits per heavy atom. The molecular weight excluding hydrogens is 250 g/mol. The van der Waals surface area contributed by atoms with E-state index in [9.17, 15) is 0 Å². The zero-order valence-electron chi connectivity index (χ0n) is 10.1. The molecule has 5 heteroatoms. The highest BCUT2D eigenvalue weighted by atomic mass is 35.5. The van der Waals surface area contributed by atoms with Gasteiger partial charge in [0.1, 0.15) is 0 Å². The van der Waals surface area contributed by atoms with Gasteiger partial charge in [0.2, 0.25) is 0 Å². The third kappa shape index (κ3) is 2.13. The topological polar surface area (TPSA) is 64.9 Å². The third-order valence-corrected chi connectivity index (χ3v) is 3.70. The zero-order chi connectivity index (χ0) is 12.7. The molecule has 2 aromatic rings. The Labute approximate surface area is 110 Å². The van der Waals surface area contributed by atoms with E-state index in [2.05, 4.69) is 10.1 Å². The number of hydrogen-bond donors (Lipinski definition) is 1. The molecule has 94 valence electrons. The third-order valence-electron chi connectivity index (χ3n) is 3.29. The molecule has 1 aliphatic rings. The molecule has 4 nitrogen and oxygen atoms in total. The number of halogens is 1. The van der Waals surface area contributed by atoms with E-state index in [1.165, 1.54) is 0 Å². The van der Waals surface area contributed by atoms with Crippen LogP contribution in [0.25, 0.3) is 11.5 Å². The highest BCUT2D eigenvalue weighted by Gasteiger charge is 2.32. The van der Waals surface area contributed by atoms with Crippen LogP contribution in [-0.2, 0) is 0 Å². The summed E-state index contributed by atoms with van der Waals surface area (Å²) >= 11 is 6.08. The average Bonchev–Trinajstić information content (AvgIpc) is 3.09. The van der Waals surface area contributed by atoms with Crippen molar-refractivity contribution >= 4 is 11.6 Å². The van der Waals surface area contributed by atoms with E-state index in [1.807, 2.05) is 25.1 Å². The molecule has 0 spiro atoms. The van der Waals surface area contributed by atoms with Gasteiger partial charge in [-0.2, -0.15) is 4.98 Å². The van der Waals surface area contributed by atoms with Gasteiger partial charge in [-0.15, -0.1) is 0 Å². The van der Waals surface area contributed by atoms with Crippen molar-refractivity contribution in [1.82, 2.24) is 10.1 Å². The predicted octanol–water partition coefficient (Wildman–Crippen LogP) is 3.11. The summed E-state index contributed by atoms with van der Waals surface area (Å²) in [6.07, 6.45) is 2.31. The van der Waals surface area contributed by atoms with Crippen molar-refractivity contribution in [3.63, 3.8) is 0 Å². The van der Waals surface area contributed by atoms with Gasteiger partial charge in [-0.05, 0) is 43.4 Å². The van der Waals surface area contributed by atoms with Crippen LogP contribution >= 0.6 is 11.6 Å². The minimum absolute atomic E-state index is 0.108. The van der Waals surface area contributed by atoms with E-state index >= 15 is 0 Å². The number of nitrogens with two attached hydrogens (primary N) is 1. The van der Waals surface area contributed by atoms with Crippen molar-refractivity contribution in [3.8, 4) is 11.5 Å². The smallest absolute Gasteiger partial charge is 0.258 e. The molecule has 0 radical (unpaired) electrons. The lowest BCUT2D eigenvalue weighted by atomic mass is 10.1. The predicted molar refractivity (Wildman–Crippen MR) is 69.1 cm³/mol. The quantitative estimate of drug-likeness (QED) is 0.924. The molecule has 0 amide bonds. The highest BCUT2D eigenvalue weighted by molar-refractivity contribution is 6.31. The fourth-order valence-electron chi connectivity index (χ4n) is 1.88. The molecule has 0 aliphatic heterocycles. The molecule has 2 N–H and O–H groups in total. The van der Waals surface area contributed by atoms with E-state index in [4.69, 9.17) is 21.9 Å². The summed E-state index contributed by atoms with van der Waals surface area (Å²) in [6, 6.07) is 5.57. The van der Waals surface area contributed by atoms with Crippen molar-refractivity contribution in [2.24, 2.45) is 11.7 Å². The fourth-order valence-corrected chi connectivity index (χ4v) is 2.06. The van der Waals surface area contributed by atoms with E-state index in [-0.39, 0.29) is 6.04 Å². The lowest BCUT2D eigenvalue weighted by Crippen LogP contribution is -2.13. The first-order chi connectivity index (χ1) is 8.65. The summed E-state index contributed by atoms with van der Waals surface area (Å²) in [5.41, 5.74) is 7.88. The van der Waals surface area contributed by atoms with Gasteiger partial charge in [-0.25, -0.2) is 0 Å². The Kier molecular flexibility index (Phi) is 2.84. The molecule has 1 atom stereocenters.